The van der Waals surface area contributed by atoms with Crippen LogP contribution in [-0.4, -0.2) is 31.1 Å². The van der Waals surface area contributed by atoms with Crippen LogP contribution >= 0.6 is 0 Å². The lowest BCUT2D eigenvalue weighted by molar-refractivity contribution is 0.104. The zero-order valence-electron chi connectivity index (χ0n) is 15.7. The van der Waals surface area contributed by atoms with Crippen molar-refractivity contribution in [3.63, 3.8) is 0 Å². The van der Waals surface area contributed by atoms with Crippen LogP contribution in [0.25, 0.3) is 6.08 Å². The number of phenols is 1. The second-order valence-electron chi connectivity index (χ2n) is 6.16. The first-order chi connectivity index (χ1) is 12.6. The van der Waals surface area contributed by atoms with Crippen LogP contribution < -0.4 is 9.64 Å². The number of nitrogens with zero attached hydrogens (tertiary/aromatic N) is 1. The van der Waals surface area contributed by atoms with Gasteiger partial charge in [0.1, 0.15) is 0 Å². The van der Waals surface area contributed by atoms with Crippen LogP contribution in [0.15, 0.2) is 48.5 Å². The first-order valence-corrected chi connectivity index (χ1v) is 9.03. The predicted octanol–water partition coefficient (Wildman–Crippen LogP) is 4.92. The van der Waals surface area contributed by atoms with E-state index in [1.807, 2.05) is 12.1 Å². The van der Waals surface area contributed by atoms with Gasteiger partial charge in [0.15, 0.2) is 17.3 Å². The molecule has 0 unspecified atom stereocenters. The summed E-state index contributed by atoms with van der Waals surface area (Å²) in [5, 5.41) is 9.61. The number of rotatable bonds is 9. The van der Waals surface area contributed by atoms with Gasteiger partial charge in [-0.1, -0.05) is 32.1 Å². The van der Waals surface area contributed by atoms with E-state index in [1.54, 1.807) is 18.2 Å². The summed E-state index contributed by atoms with van der Waals surface area (Å²) in [7, 11) is 1.46. The number of phenolic OH excluding ortho intramolecular Hbond substituents is 1. The maximum Gasteiger partial charge on any atom is 0.185 e. The molecule has 138 valence electrons. The maximum atomic E-state index is 12.3. The number of anilines is 1. The molecule has 4 heteroatoms. The van der Waals surface area contributed by atoms with Gasteiger partial charge in [0.05, 0.1) is 7.11 Å². The normalized spacial score (nSPS) is 10.9. The Morgan fingerprint density at radius 2 is 1.73 bits per heavy atom. The van der Waals surface area contributed by atoms with Gasteiger partial charge in [0.25, 0.3) is 0 Å². The van der Waals surface area contributed by atoms with Gasteiger partial charge >= 0.3 is 0 Å². The van der Waals surface area contributed by atoms with Crippen LogP contribution in [0.5, 0.6) is 11.5 Å². The van der Waals surface area contributed by atoms with Crippen LogP contribution in [0.4, 0.5) is 5.69 Å². The lowest BCUT2D eigenvalue weighted by Gasteiger charge is -2.23. The molecule has 26 heavy (non-hydrogen) atoms. The monoisotopic (exact) mass is 353 g/mol. The van der Waals surface area contributed by atoms with E-state index in [0.717, 1.165) is 31.5 Å². The largest absolute Gasteiger partial charge is 0.504 e. The molecule has 2 aromatic rings. The summed E-state index contributed by atoms with van der Waals surface area (Å²) in [5.74, 6) is 0.179. The summed E-state index contributed by atoms with van der Waals surface area (Å²) in [4.78, 5) is 14.7. The number of aromatic hydroxyl groups is 1. The Hall–Kier alpha value is -2.75. The minimum Gasteiger partial charge on any atom is -0.504 e. The molecular formula is C22H27NO3. The third kappa shape index (κ3) is 5.12. The molecule has 0 aliphatic carbocycles. The molecule has 0 atom stereocenters. The first kappa shape index (κ1) is 19.6. The molecule has 0 aliphatic heterocycles. The van der Waals surface area contributed by atoms with Crippen molar-refractivity contribution in [2.45, 2.75) is 26.7 Å². The lowest BCUT2D eigenvalue weighted by atomic mass is 10.1. The first-order valence-electron chi connectivity index (χ1n) is 9.03. The molecule has 2 rings (SSSR count). The summed E-state index contributed by atoms with van der Waals surface area (Å²) in [6.45, 7) is 6.46. The van der Waals surface area contributed by atoms with Crippen LogP contribution in [0, 0.1) is 0 Å². The molecule has 0 aliphatic rings. The minimum absolute atomic E-state index is 0.0207. The molecule has 0 aromatic heterocycles. The fraction of sp³-hybridized carbons (Fsp3) is 0.318. The number of ether oxygens (including phenoxy) is 1. The van der Waals surface area contributed by atoms with Crippen molar-refractivity contribution < 1.29 is 14.6 Å². The summed E-state index contributed by atoms with van der Waals surface area (Å²) < 4.78 is 5.04. The topological polar surface area (TPSA) is 49.8 Å². The summed E-state index contributed by atoms with van der Waals surface area (Å²) >= 11 is 0. The summed E-state index contributed by atoms with van der Waals surface area (Å²) in [6.07, 6.45) is 5.57. The van der Waals surface area contributed by atoms with E-state index in [1.165, 1.54) is 24.9 Å². The molecule has 0 heterocycles. The van der Waals surface area contributed by atoms with Crippen molar-refractivity contribution in [2.75, 3.05) is 25.1 Å². The van der Waals surface area contributed by atoms with Gasteiger partial charge in [-0.15, -0.1) is 0 Å². The van der Waals surface area contributed by atoms with E-state index in [-0.39, 0.29) is 11.5 Å². The van der Waals surface area contributed by atoms with Crippen LogP contribution in [0.1, 0.15) is 42.6 Å². The van der Waals surface area contributed by atoms with E-state index >= 15 is 0 Å². The Labute approximate surface area is 155 Å². The SMILES string of the molecule is CCCN(CCC)c1ccc(/C=C/C(=O)c2ccc(O)c(OC)c2)cc1. The standard InChI is InChI=1S/C22H27NO3/c1-4-14-23(15-5-2)19-10-6-17(7-11-19)8-12-20(24)18-9-13-21(25)22(16-18)26-3/h6-13,16,25H,4-5,14-15H2,1-3H3/b12-8+. The number of hydrogen-bond acceptors (Lipinski definition) is 4. The van der Waals surface area contributed by atoms with Crippen LogP contribution in [0.3, 0.4) is 0 Å². The van der Waals surface area contributed by atoms with Crippen molar-refractivity contribution in [3.05, 3.63) is 59.7 Å². The van der Waals surface area contributed by atoms with E-state index < -0.39 is 0 Å². The average Bonchev–Trinajstić information content (AvgIpc) is 2.66. The third-order valence-corrected chi connectivity index (χ3v) is 4.14. The Morgan fingerprint density at radius 1 is 1.08 bits per heavy atom. The molecule has 0 fully saturated rings. The van der Waals surface area contributed by atoms with Crippen molar-refractivity contribution in [1.29, 1.82) is 0 Å². The molecule has 4 nitrogen and oxygen atoms in total. The summed E-state index contributed by atoms with van der Waals surface area (Å²) in [6, 6.07) is 12.8. The van der Waals surface area contributed by atoms with E-state index in [2.05, 4.69) is 30.9 Å². The fourth-order valence-electron chi connectivity index (χ4n) is 2.81. The highest BCUT2D eigenvalue weighted by atomic mass is 16.5. The average molecular weight is 353 g/mol. The number of methoxy groups -OCH3 is 1. The van der Waals surface area contributed by atoms with Crippen molar-refractivity contribution >= 4 is 17.5 Å². The highest BCUT2D eigenvalue weighted by Gasteiger charge is 2.07. The van der Waals surface area contributed by atoms with E-state index in [4.69, 9.17) is 4.74 Å². The van der Waals surface area contributed by atoms with Gasteiger partial charge in [0.2, 0.25) is 0 Å². The number of benzene rings is 2. The molecule has 1 N–H and O–H groups in total. The van der Waals surface area contributed by atoms with Gasteiger partial charge in [-0.2, -0.15) is 0 Å². The molecule has 0 amide bonds. The maximum absolute atomic E-state index is 12.3. The summed E-state index contributed by atoms with van der Waals surface area (Å²) in [5.41, 5.74) is 2.66. The highest BCUT2D eigenvalue weighted by molar-refractivity contribution is 6.07. The Bertz CT molecular complexity index is 744. The van der Waals surface area contributed by atoms with Crippen LogP contribution in [-0.2, 0) is 0 Å². The quantitative estimate of drug-likeness (QED) is 0.513. The molecule has 0 saturated carbocycles. The number of hydrogen-bond donors (Lipinski definition) is 1. The van der Waals surface area contributed by atoms with Gasteiger partial charge in [-0.25, -0.2) is 0 Å². The molecular weight excluding hydrogens is 326 g/mol. The van der Waals surface area contributed by atoms with Crippen molar-refractivity contribution in [2.24, 2.45) is 0 Å². The van der Waals surface area contributed by atoms with Gasteiger partial charge < -0.3 is 14.7 Å². The zero-order valence-corrected chi connectivity index (χ0v) is 15.7. The zero-order chi connectivity index (χ0) is 18.9. The van der Waals surface area contributed by atoms with Gasteiger partial charge in [-0.05, 0) is 54.8 Å². The molecule has 0 saturated heterocycles. The second-order valence-corrected chi connectivity index (χ2v) is 6.16. The van der Waals surface area contributed by atoms with Crippen molar-refractivity contribution in [1.82, 2.24) is 0 Å². The Balaban J connectivity index is 2.09. The molecule has 0 bridgehead atoms. The smallest absolute Gasteiger partial charge is 0.185 e. The minimum atomic E-state index is -0.133. The number of carbonyl (C=O) groups excluding carboxylic acids is 1. The number of ketones is 1. The van der Waals surface area contributed by atoms with E-state index in [9.17, 15) is 9.90 Å². The lowest BCUT2D eigenvalue weighted by Crippen LogP contribution is -2.24. The van der Waals surface area contributed by atoms with Crippen LogP contribution in [0.2, 0.25) is 0 Å². The third-order valence-electron chi connectivity index (χ3n) is 4.14. The van der Waals surface area contributed by atoms with Crippen molar-refractivity contribution in [3.8, 4) is 11.5 Å². The Kier molecular flexibility index (Phi) is 7.27. The van der Waals surface area contributed by atoms with Gasteiger partial charge in [-0.3, -0.25) is 4.79 Å². The fourth-order valence-corrected chi connectivity index (χ4v) is 2.81. The molecule has 0 spiro atoms. The van der Waals surface area contributed by atoms with E-state index in [0.29, 0.717) is 11.3 Å². The second kappa shape index (κ2) is 9.66. The number of allylic oxidation sites excluding steroid dienone is 1. The van der Waals surface area contributed by atoms with Gasteiger partial charge in [0, 0.05) is 24.3 Å². The Morgan fingerprint density at radius 3 is 2.31 bits per heavy atom. The number of carbonyl (C=O) groups is 1. The molecule has 0 radical (unpaired) electrons. The molecule has 2 aromatic carbocycles. The highest BCUT2D eigenvalue weighted by Crippen LogP contribution is 2.26. The predicted molar refractivity (Wildman–Crippen MR) is 107 cm³/mol.